The lowest BCUT2D eigenvalue weighted by Gasteiger charge is -2.26. The van der Waals surface area contributed by atoms with E-state index in [2.05, 4.69) is 5.32 Å². The molecule has 1 aromatic carbocycles. The molecule has 1 unspecified atom stereocenters. The third-order valence-electron chi connectivity index (χ3n) is 4.08. The molecule has 0 radical (unpaired) electrons. The molecule has 8 heteroatoms. The van der Waals surface area contributed by atoms with Crippen LogP contribution in [0.2, 0.25) is 0 Å². The summed E-state index contributed by atoms with van der Waals surface area (Å²) < 4.78 is 11.0. The normalized spacial score (nSPS) is 14.5. The lowest BCUT2D eigenvalue weighted by Crippen LogP contribution is -2.32. The highest BCUT2D eigenvalue weighted by Gasteiger charge is 2.18. The van der Waals surface area contributed by atoms with Gasteiger partial charge in [0.1, 0.15) is 0 Å². The molecule has 0 saturated heterocycles. The van der Waals surface area contributed by atoms with E-state index in [1.807, 2.05) is 37.3 Å². The first-order valence-electron chi connectivity index (χ1n) is 8.78. The highest BCUT2D eigenvalue weighted by molar-refractivity contribution is 7.46. The number of nitrogens with one attached hydrogen (secondary N) is 1. The van der Waals surface area contributed by atoms with Gasteiger partial charge in [0.15, 0.2) is 8.38 Å². The molecular weight excluding hydrogens is 367 g/mol. The van der Waals surface area contributed by atoms with Crippen LogP contribution in [0.15, 0.2) is 42.6 Å². The minimum atomic E-state index is -1.53. The Hall–Kier alpha value is -1.79. The molecule has 0 spiro atoms. The molecule has 0 aliphatic rings. The van der Waals surface area contributed by atoms with Crippen LogP contribution in [0.25, 0.3) is 0 Å². The fourth-order valence-electron chi connectivity index (χ4n) is 2.40. The summed E-state index contributed by atoms with van der Waals surface area (Å²) in [5, 5.41) is 2.46. The SMILES string of the molecule is CNC(=O)/C=C\N(C=O)[C@@H](C)C[C@@H](CCP(O)OCc1ccccc1)OC. The van der Waals surface area contributed by atoms with Crippen molar-refractivity contribution < 1.29 is 23.7 Å². The Bertz CT molecular complexity index is 585. The van der Waals surface area contributed by atoms with Gasteiger partial charge in [0.05, 0.1) is 12.7 Å². The zero-order chi connectivity index (χ0) is 20.1. The van der Waals surface area contributed by atoms with Gasteiger partial charge in [-0.25, -0.2) is 0 Å². The van der Waals surface area contributed by atoms with Crippen LogP contribution in [0.5, 0.6) is 0 Å². The zero-order valence-corrected chi connectivity index (χ0v) is 17.0. The average Bonchev–Trinajstić information content (AvgIpc) is 2.70. The summed E-state index contributed by atoms with van der Waals surface area (Å²) in [6.45, 7) is 2.25. The fourth-order valence-corrected chi connectivity index (χ4v) is 3.34. The molecule has 27 heavy (non-hydrogen) atoms. The lowest BCUT2D eigenvalue weighted by atomic mass is 10.1. The monoisotopic (exact) mass is 396 g/mol. The number of hydrogen-bond donors (Lipinski definition) is 2. The van der Waals surface area contributed by atoms with E-state index in [0.717, 1.165) is 5.56 Å². The molecule has 0 aromatic heterocycles. The number of hydrogen-bond acceptors (Lipinski definition) is 5. The number of ether oxygens (including phenoxy) is 1. The van der Waals surface area contributed by atoms with Crippen molar-refractivity contribution in [2.45, 2.75) is 38.5 Å². The second-order valence-corrected chi connectivity index (χ2v) is 7.46. The Labute approximate surface area is 162 Å². The minimum Gasteiger partial charge on any atom is -0.381 e. The molecule has 2 N–H and O–H groups in total. The van der Waals surface area contributed by atoms with E-state index in [9.17, 15) is 14.5 Å². The van der Waals surface area contributed by atoms with Gasteiger partial charge in [0, 0.05) is 38.6 Å². The predicted octanol–water partition coefficient (Wildman–Crippen LogP) is 2.41. The number of carbonyl (C=O) groups is 2. The number of methoxy groups -OCH3 is 1. The Morgan fingerprint density at radius 3 is 2.67 bits per heavy atom. The van der Waals surface area contributed by atoms with Crippen molar-refractivity contribution >= 4 is 20.7 Å². The Morgan fingerprint density at radius 1 is 1.37 bits per heavy atom. The summed E-state index contributed by atoms with van der Waals surface area (Å²) in [4.78, 5) is 34.0. The van der Waals surface area contributed by atoms with E-state index in [1.165, 1.54) is 24.2 Å². The van der Waals surface area contributed by atoms with Crippen molar-refractivity contribution in [3.8, 4) is 0 Å². The zero-order valence-electron chi connectivity index (χ0n) is 16.1. The van der Waals surface area contributed by atoms with Gasteiger partial charge in [0.2, 0.25) is 12.3 Å². The second-order valence-electron chi connectivity index (χ2n) is 6.05. The molecule has 7 nitrogen and oxygen atoms in total. The van der Waals surface area contributed by atoms with Crippen LogP contribution >= 0.6 is 8.38 Å². The number of likely N-dealkylation sites (N-methyl/N-ethyl adjacent to an activating group) is 1. The first-order valence-corrected chi connectivity index (χ1v) is 10.2. The maximum atomic E-state index is 11.3. The standard InChI is InChI=1S/C19H29N2O5P/c1-16(21(15-22)11-9-19(23)20-2)13-18(25-3)10-12-27(24)26-14-17-7-5-4-6-8-17/h4-9,11,15-16,18,24H,10,12-14H2,1-3H3,(H,20,23)/b11-9-/t16-,18+,27?/m0/s1. The summed E-state index contributed by atoms with van der Waals surface area (Å²) in [6.07, 6.45) is 4.98. The van der Waals surface area contributed by atoms with E-state index in [4.69, 9.17) is 9.26 Å². The van der Waals surface area contributed by atoms with Gasteiger partial charge in [-0.05, 0) is 25.3 Å². The Morgan fingerprint density at radius 2 is 2.07 bits per heavy atom. The van der Waals surface area contributed by atoms with Crippen molar-refractivity contribution in [3.63, 3.8) is 0 Å². The van der Waals surface area contributed by atoms with Gasteiger partial charge in [0.25, 0.3) is 0 Å². The predicted molar refractivity (Wildman–Crippen MR) is 106 cm³/mol. The van der Waals surface area contributed by atoms with Gasteiger partial charge < -0.3 is 24.4 Å². The fraction of sp³-hybridized carbons (Fsp3) is 0.474. The smallest absolute Gasteiger partial charge is 0.245 e. The van der Waals surface area contributed by atoms with Crippen molar-refractivity contribution in [3.05, 3.63) is 48.2 Å². The van der Waals surface area contributed by atoms with E-state index in [-0.39, 0.29) is 18.1 Å². The molecule has 0 saturated carbocycles. The van der Waals surface area contributed by atoms with Gasteiger partial charge in [-0.1, -0.05) is 30.3 Å². The van der Waals surface area contributed by atoms with E-state index in [1.54, 1.807) is 7.11 Å². The third kappa shape index (κ3) is 9.63. The van der Waals surface area contributed by atoms with Crippen LogP contribution in [0, 0.1) is 0 Å². The first kappa shape index (κ1) is 23.2. The van der Waals surface area contributed by atoms with E-state index in [0.29, 0.717) is 32.0 Å². The number of benzene rings is 1. The maximum absolute atomic E-state index is 11.3. The Kier molecular flexibility index (Phi) is 11.5. The molecule has 0 fully saturated rings. The summed E-state index contributed by atoms with van der Waals surface area (Å²) in [7, 11) is 1.59. The molecule has 150 valence electrons. The first-order chi connectivity index (χ1) is 13.0. The van der Waals surface area contributed by atoms with E-state index >= 15 is 0 Å². The van der Waals surface area contributed by atoms with Gasteiger partial charge in [-0.3, -0.25) is 9.59 Å². The maximum Gasteiger partial charge on any atom is 0.245 e. The lowest BCUT2D eigenvalue weighted by molar-refractivity contribution is -0.117. The molecule has 0 heterocycles. The minimum absolute atomic E-state index is 0.131. The van der Waals surface area contributed by atoms with Crippen LogP contribution in [0.3, 0.4) is 0 Å². The largest absolute Gasteiger partial charge is 0.381 e. The summed E-state index contributed by atoms with van der Waals surface area (Å²) in [6, 6.07) is 9.54. The van der Waals surface area contributed by atoms with Crippen molar-refractivity contribution in [1.29, 1.82) is 0 Å². The van der Waals surface area contributed by atoms with Crippen LogP contribution < -0.4 is 5.32 Å². The highest BCUT2D eigenvalue weighted by Crippen LogP contribution is 2.34. The van der Waals surface area contributed by atoms with Gasteiger partial charge in [-0.2, -0.15) is 0 Å². The molecule has 2 amide bonds. The van der Waals surface area contributed by atoms with Crippen LogP contribution in [0.4, 0.5) is 0 Å². The summed E-state index contributed by atoms with van der Waals surface area (Å²) in [5.74, 6) is -0.279. The topological polar surface area (TPSA) is 88.1 Å². The molecule has 0 aliphatic heterocycles. The van der Waals surface area contributed by atoms with Gasteiger partial charge in [-0.15, -0.1) is 0 Å². The summed E-state index contributed by atoms with van der Waals surface area (Å²) >= 11 is 0. The van der Waals surface area contributed by atoms with E-state index < -0.39 is 8.38 Å². The Balaban J connectivity index is 2.41. The van der Waals surface area contributed by atoms with Gasteiger partial charge >= 0.3 is 0 Å². The van der Waals surface area contributed by atoms with Crippen molar-refractivity contribution in [1.82, 2.24) is 10.2 Å². The van der Waals surface area contributed by atoms with Crippen LogP contribution in [-0.4, -0.2) is 54.6 Å². The average molecular weight is 396 g/mol. The third-order valence-corrected chi connectivity index (χ3v) is 5.15. The van der Waals surface area contributed by atoms with Crippen molar-refractivity contribution in [2.75, 3.05) is 20.3 Å². The highest BCUT2D eigenvalue weighted by atomic mass is 31.2. The number of rotatable bonds is 13. The van der Waals surface area contributed by atoms with Crippen LogP contribution in [0.1, 0.15) is 25.3 Å². The molecular formula is C19H29N2O5P. The number of amides is 2. The van der Waals surface area contributed by atoms with Crippen LogP contribution in [-0.2, 0) is 25.5 Å². The van der Waals surface area contributed by atoms with Crippen molar-refractivity contribution in [2.24, 2.45) is 0 Å². The second kappa shape index (κ2) is 13.4. The number of carbonyl (C=O) groups excluding carboxylic acids is 2. The molecule has 1 aromatic rings. The molecule has 1 rings (SSSR count). The molecule has 0 bridgehead atoms. The molecule has 0 aliphatic carbocycles. The molecule has 3 atom stereocenters. The number of nitrogens with zero attached hydrogens (tertiary/aromatic N) is 1. The quantitative estimate of drug-likeness (QED) is 0.304. The summed E-state index contributed by atoms with van der Waals surface area (Å²) in [5.41, 5.74) is 1.01.